The second kappa shape index (κ2) is 7.28. The number of rotatable bonds is 7. The van der Waals surface area contributed by atoms with Crippen molar-refractivity contribution in [2.24, 2.45) is 29.4 Å². The summed E-state index contributed by atoms with van der Waals surface area (Å²) >= 11 is 0. The Bertz CT molecular complexity index is 129. The number of hydrogen-bond acceptors (Lipinski definition) is 1. The molecule has 0 aliphatic rings. The van der Waals surface area contributed by atoms with E-state index in [2.05, 4.69) is 34.6 Å². The van der Waals surface area contributed by atoms with Gasteiger partial charge in [-0.3, -0.25) is 0 Å². The van der Waals surface area contributed by atoms with Crippen molar-refractivity contribution in [3.63, 3.8) is 0 Å². The molecule has 0 aromatic carbocycles. The minimum absolute atomic E-state index is 0.717. The maximum atomic E-state index is 5.82. The van der Waals surface area contributed by atoms with Gasteiger partial charge in [0.15, 0.2) is 0 Å². The largest absolute Gasteiger partial charge is 0.330 e. The molecule has 2 N–H and O–H groups in total. The van der Waals surface area contributed by atoms with Gasteiger partial charge in [0.05, 0.1) is 0 Å². The van der Waals surface area contributed by atoms with Gasteiger partial charge in [-0.1, -0.05) is 47.5 Å². The van der Waals surface area contributed by atoms with Crippen LogP contribution in [0.2, 0.25) is 0 Å². The summed E-state index contributed by atoms with van der Waals surface area (Å²) in [7, 11) is 0. The van der Waals surface area contributed by atoms with Gasteiger partial charge in [0.1, 0.15) is 0 Å². The molecular formula is C13H29N. The molecule has 0 rings (SSSR count). The Balaban J connectivity index is 4.11. The summed E-state index contributed by atoms with van der Waals surface area (Å²) in [4.78, 5) is 0. The molecule has 14 heavy (non-hydrogen) atoms. The molecule has 2 unspecified atom stereocenters. The van der Waals surface area contributed by atoms with Crippen LogP contribution in [0.1, 0.15) is 53.9 Å². The Hall–Kier alpha value is -0.0400. The van der Waals surface area contributed by atoms with Crippen LogP contribution in [-0.4, -0.2) is 6.54 Å². The fourth-order valence-electron chi connectivity index (χ4n) is 2.12. The smallest absolute Gasteiger partial charge is 0.00463 e. The van der Waals surface area contributed by atoms with Crippen molar-refractivity contribution in [2.45, 2.75) is 53.9 Å². The van der Waals surface area contributed by atoms with Crippen LogP contribution in [0, 0.1) is 23.7 Å². The van der Waals surface area contributed by atoms with Gasteiger partial charge >= 0.3 is 0 Å². The molecule has 0 aliphatic heterocycles. The number of hydrogen-bond donors (Lipinski definition) is 1. The van der Waals surface area contributed by atoms with E-state index in [1.807, 2.05) is 0 Å². The molecule has 0 radical (unpaired) electrons. The predicted octanol–water partition coefficient (Wildman–Crippen LogP) is 3.68. The average molecular weight is 199 g/mol. The summed E-state index contributed by atoms with van der Waals surface area (Å²) in [6, 6.07) is 0. The van der Waals surface area contributed by atoms with E-state index < -0.39 is 0 Å². The van der Waals surface area contributed by atoms with Crippen molar-refractivity contribution in [3.8, 4) is 0 Å². The first-order valence-corrected chi connectivity index (χ1v) is 6.22. The van der Waals surface area contributed by atoms with Gasteiger partial charge < -0.3 is 5.73 Å². The quantitative estimate of drug-likeness (QED) is 0.665. The van der Waals surface area contributed by atoms with Crippen molar-refractivity contribution in [1.82, 2.24) is 0 Å². The molecule has 2 atom stereocenters. The molecule has 0 heterocycles. The molecular weight excluding hydrogens is 170 g/mol. The first-order valence-electron chi connectivity index (χ1n) is 6.22. The van der Waals surface area contributed by atoms with E-state index in [0.717, 1.165) is 24.3 Å². The molecule has 1 heteroatoms. The van der Waals surface area contributed by atoms with Gasteiger partial charge in [0.2, 0.25) is 0 Å². The van der Waals surface area contributed by atoms with Gasteiger partial charge in [-0.05, 0) is 36.6 Å². The Morgan fingerprint density at radius 3 is 1.71 bits per heavy atom. The standard InChI is InChI=1S/C13H29N/c1-6-7-12(10(2)3)8-13(9-14)11(4)5/h10-13H,6-9,14H2,1-5H3. The van der Waals surface area contributed by atoms with Gasteiger partial charge in [-0.25, -0.2) is 0 Å². The van der Waals surface area contributed by atoms with E-state index in [9.17, 15) is 0 Å². The van der Waals surface area contributed by atoms with Crippen molar-refractivity contribution >= 4 is 0 Å². The lowest BCUT2D eigenvalue weighted by Crippen LogP contribution is -2.24. The van der Waals surface area contributed by atoms with Crippen LogP contribution in [0.3, 0.4) is 0 Å². The van der Waals surface area contributed by atoms with E-state index in [1.165, 1.54) is 19.3 Å². The van der Waals surface area contributed by atoms with Gasteiger partial charge in [0.25, 0.3) is 0 Å². The summed E-state index contributed by atoms with van der Waals surface area (Å²) in [5.74, 6) is 3.13. The highest BCUT2D eigenvalue weighted by atomic mass is 14.6. The van der Waals surface area contributed by atoms with E-state index >= 15 is 0 Å². The lowest BCUT2D eigenvalue weighted by Gasteiger charge is -2.27. The van der Waals surface area contributed by atoms with E-state index in [0.29, 0.717) is 5.92 Å². The van der Waals surface area contributed by atoms with Gasteiger partial charge in [0, 0.05) is 0 Å². The summed E-state index contributed by atoms with van der Waals surface area (Å²) < 4.78 is 0. The van der Waals surface area contributed by atoms with Crippen molar-refractivity contribution in [3.05, 3.63) is 0 Å². The normalized spacial score (nSPS) is 16.3. The zero-order valence-electron chi connectivity index (χ0n) is 10.7. The third kappa shape index (κ3) is 4.99. The highest BCUT2D eigenvalue weighted by Gasteiger charge is 2.19. The molecule has 0 saturated carbocycles. The Labute approximate surface area is 90.5 Å². The maximum absolute atomic E-state index is 5.82. The molecule has 0 saturated heterocycles. The predicted molar refractivity (Wildman–Crippen MR) is 65.2 cm³/mol. The molecule has 0 aromatic rings. The van der Waals surface area contributed by atoms with Gasteiger partial charge in [-0.15, -0.1) is 0 Å². The number of nitrogens with two attached hydrogens (primary N) is 1. The van der Waals surface area contributed by atoms with Crippen LogP contribution in [0.4, 0.5) is 0 Å². The summed E-state index contributed by atoms with van der Waals surface area (Å²) in [5, 5.41) is 0. The molecule has 1 nitrogen and oxygen atoms in total. The first kappa shape index (κ1) is 14.0. The van der Waals surface area contributed by atoms with Crippen LogP contribution in [0.15, 0.2) is 0 Å². The Morgan fingerprint density at radius 1 is 0.929 bits per heavy atom. The third-order valence-corrected chi connectivity index (χ3v) is 3.45. The van der Waals surface area contributed by atoms with E-state index in [-0.39, 0.29) is 0 Å². The lowest BCUT2D eigenvalue weighted by molar-refractivity contribution is 0.243. The SMILES string of the molecule is CCCC(CC(CN)C(C)C)C(C)C. The Kier molecular flexibility index (Phi) is 7.26. The molecule has 0 amide bonds. The summed E-state index contributed by atoms with van der Waals surface area (Å²) in [6.07, 6.45) is 3.98. The second-order valence-corrected chi connectivity index (χ2v) is 5.27. The fraction of sp³-hybridized carbons (Fsp3) is 1.00. The fourth-order valence-corrected chi connectivity index (χ4v) is 2.12. The van der Waals surface area contributed by atoms with Crippen LogP contribution in [0.5, 0.6) is 0 Å². The van der Waals surface area contributed by atoms with Gasteiger partial charge in [-0.2, -0.15) is 0 Å². The monoisotopic (exact) mass is 199 g/mol. The van der Waals surface area contributed by atoms with Crippen LogP contribution >= 0.6 is 0 Å². The minimum Gasteiger partial charge on any atom is -0.330 e. The lowest BCUT2D eigenvalue weighted by atomic mass is 9.79. The summed E-state index contributed by atoms with van der Waals surface area (Å²) in [5.41, 5.74) is 5.82. The topological polar surface area (TPSA) is 26.0 Å². The third-order valence-electron chi connectivity index (χ3n) is 3.45. The highest BCUT2D eigenvalue weighted by molar-refractivity contribution is 4.71. The van der Waals surface area contributed by atoms with E-state index in [1.54, 1.807) is 0 Å². The molecule has 0 spiro atoms. The molecule has 0 bridgehead atoms. The van der Waals surface area contributed by atoms with E-state index in [4.69, 9.17) is 5.73 Å². The highest BCUT2D eigenvalue weighted by Crippen LogP contribution is 2.27. The molecule has 0 fully saturated rings. The van der Waals surface area contributed by atoms with Crippen molar-refractivity contribution < 1.29 is 0 Å². The minimum atomic E-state index is 0.717. The van der Waals surface area contributed by atoms with Crippen LogP contribution in [0.25, 0.3) is 0 Å². The van der Waals surface area contributed by atoms with Crippen molar-refractivity contribution in [2.75, 3.05) is 6.54 Å². The Morgan fingerprint density at radius 2 is 1.43 bits per heavy atom. The first-order chi connectivity index (χ1) is 6.52. The van der Waals surface area contributed by atoms with Crippen molar-refractivity contribution in [1.29, 1.82) is 0 Å². The van der Waals surface area contributed by atoms with Crippen LogP contribution in [-0.2, 0) is 0 Å². The second-order valence-electron chi connectivity index (χ2n) is 5.27. The zero-order valence-corrected chi connectivity index (χ0v) is 10.7. The average Bonchev–Trinajstić information content (AvgIpc) is 2.11. The molecule has 0 aromatic heterocycles. The maximum Gasteiger partial charge on any atom is -0.00463 e. The van der Waals surface area contributed by atoms with Crippen LogP contribution < -0.4 is 5.73 Å². The molecule has 0 aliphatic carbocycles. The summed E-state index contributed by atoms with van der Waals surface area (Å²) in [6.45, 7) is 12.4. The zero-order chi connectivity index (χ0) is 11.1. The molecule has 86 valence electrons.